The highest BCUT2D eigenvalue weighted by Gasteiger charge is 2.42. The van der Waals surface area contributed by atoms with E-state index in [1.807, 2.05) is 0 Å². The molecule has 0 aromatic heterocycles. The van der Waals surface area contributed by atoms with Gasteiger partial charge in [-0.3, -0.25) is 9.59 Å². The summed E-state index contributed by atoms with van der Waals surface area (Å²) in [5.41, 5.74) is 0. The van der Waals surface area contributed by atoms with Crippen molar-refractivity contribution in [2.75, 3.05) is 0 Å². The van der Waals surface area contributed by atoms with Gasteiger partial charge in [-0.2, -0.15) is 0 Å². The largest absolute Gasteiger partial charge is 0.422 e. The molecule has 0 N–H and O–H groups in total. The van der Waals surface area contributed by atoms with Crippen molar-refractivity contribution in [3.8, 4) is 0 Å². The van der Waals surface area contributed by atoms with E-state index in [-0.39, 0.29) is 6.29 Å². The Bertz CT molecular complexity index is 222. The van der Waals surface area contributed by atoms with Crippen molar-refractivity contribution in [2.24, 2.45) is 5.92 Å². The lowest BCUT2D eigenvalue weighted by Crippen LogP contribution is -2.46. The molecule has 0 atom stereocenters. The molecule has 66 valence electrons. The smallest absolute Gasteiger partial charge is 0.330 e. The lowest BCUT2D eigenvalue weighted by Gasteiger charge is -2.30. The second-order valence-electron chi connectivity index (χ2n) is 2.86. The maximum atomic E-state index is 10.9. The minimum atomic E-state index is -1.42. The van der Waals surface area contributed by atoms with Crippen molar-refractivity contribution in [3.63, 3.8) is 0 Å². The van der Waals surface area contributed by atoms with Crippen molar-refractivity contribution >= 4 is 18.2 Å². The fraction of sp³-hybridized carbons (Fsp3) is 0.571. The van der Waals surface area contributed by atoms with Crippen LogP contribution in [0.25, 0.3) is 0 Å². The van der Waals surface area contributed by atoms with E-state index >= 15 is 0 Å². The molecule has 1 heterocycles. The Morgan fingerprint density at radius 1 is 1.25 bits per heavy atom. The van der Waals surface area contributed by atoms with Crippen LogP contribution in [0.15, 0.2) is 0 Å². The van der Waals surface area contributed by atoms with Crippen LogP contribution in [0.5, 0.6) is 0 Å². The van der Waals surface area contributed by atoms with E-state index in [0.717, 1.165) is 0 Å². The van der Waals surface area contributed by atoms with Crippen LogP contribution in [-0.4, -0.2) is 24.0 Å². The average Bonchev–Trinajstić information content (AvgIpc) is 1.82. The molecule has 5 nitrogen and oxygen atoms in total. The Kier molecular flexibility index (Phi) is 1.87. The van der Waals surface area contributed by atoms with E-state index < -0.39 is 23.6 Å². The van der Waals surface area contributed by atoms with Crippen LogP contribution in [0, 0.1) is 5.92 Å². The topological polar surface area (TPSA) is 69.7 Å². The monoisotopic (exact) mass is 172 g/mol. The van der Waals surface area contributed by atoms with Crippen molar-refractivity contribution in [3.05, 3.63) is 0 Å². The molecule has 1 rings (SSSR count). The second kappa shape index (κ2) is 2.58. The Balaban J connectivity index is 2.84. The van der Waals surface area contributed by atoms with Crippen molar-refractivity contribution in [1.29, 1.82) is 0 Å². The number of ether oxygens (including phenoxy) is 2. The van der Waals surface area contributed by atoms with Gasteiger partial charge in [-0.05, 0) is 0 Å². The van der Waals surface area contributed by atoms with E-state index in [2.05, 4.69) is 9.47 Å². The van der Waals surface area contributed by atoms with Crippen molar-refractivity contribution in [1.82, 2.24) is 0 Å². The first-order valence-corrected chi connectivity index (χ1v) is 3.37. The van der Waals surface area contributed by atoms with Crippen LogP contribution < -0.4 is 0 Å². The number of cyclic esters (lactones) is 2. The van der Waals surface area contributed by atoms with Gasteiger partial charge >= 0.3 is 11.9 Å². The maximum Gasteiger partial charge on any atom is 0.330 e. The standard InChI is InChI=1S/C7H8O5/c1-7(2)11-5(9)4(3-8)6(10)12-7/h3-4H,1-2H3. The van der Waals surface area contributed by atoms with Crippen LogP contribution in [0.3, 0.4) is 0 Å². The fourth-order valence-corrected chi connectivity index (χ4v) is 0.840. The molecule has 1 fully saturated rings. The van der Waals surface area contributed by atoms with Crippen LogP contribution in [-0.2, 0) is 23.9 Å². The molecule has 0 bridgehead atoms. The van der Waals surface area contributed by atoms with Gasteiger partial charge in [-0.15, -0.1) is 0 Å². The number of esters is 2. The van der Waals surface area contributed by atoms with Gasteiger partial charge in [0, 0.05) is 13.8 Å². The summed E-state index contributed by atoms with van der Waals surface area (Å²) < 4.78 is 9.27. The Morgan fingerprint density at radius 2 is 1.67 bits per heavy atom. The van der Waals surface area contributed by atoms with E-state index in [9.17, 15) is 14.4 Å². The third kappa shape index (κ3) is 1.44. The highest BCUT2D eigenvalue weighted by Crippen LogP contribution is 2.21. The Hall–Kier alpha value is -1.39. The zero-order valence-corrected chi connectivity index (χ0v) is 6.70. The maximum absolute atomic E-state index is 10.9. The Morgan fingerprint density at radius 3 is 2.00 bits per heavy atom. The molecule has 1 aliphatic rings. The third-order valence-electron chi connectivity index (χ3n) is 1.34. The van der Waals surface area contributed by atoms with Crippen LogP contribution >= 0.6 is 0 Å². The first kappa shape index (κ1) is 8.70. The quantitative estimate of drug-likeness (QED) is 0.307. The van der Waals surface area contributed by atoms with Crippen LogP contribution in [0.4, 0.5) is 0 Å². The van der Waals surface area contributed by atoms with Gasteiger partial charge in [0.05, 0.1) is 0 Å². The summed E-state index contributed by atoms with van der Waals surface area (Å²) in [5.74, 6) is -4.39. The molecule has 5 heteroatoms. The number of carbonyl (C=O) groups is 3. The molecule has 0 aliphatic carbocycles. The molecule has 0 amide bonds. The van der Waals surface area contributed by atoms with Crippen molar-refractivity contribution < 1.29 is 23.9 Å². The highest BCUT2D eigenvalue weighted by atomic mass is 16.7. The summed E-state index contributed by atoms with van der Waals surface area (Å²) in [4.78, 5) is 32.0. The highest BCUT2D eigenvalue weighted by molar-refractivity contribution is 6.08. The van der Waals surface area contributed by atoms with Crippen LogP contribution in [0.1, 0.15) is 13.8 Å². The average molecular weight is 172 g/mol. The van der Waals surface area contributed by atoms with Gasteiger partial charge in [0.15, 0.2) is 0 Å². The van der Waals surface area contributed by atoms with Gasteiger partial charge in [0.1, 0.15) is 6.29 Å². The third-order valence-corrected chi connectivity index (χ3v) is 1.34. The predicted octanol–water partition coefficient (Wildman–Crippen LogP) is -0.362. The molecule has 0 saturated carbocycles. The normalized spacial score (nSPS) is 22.8. The second-order valence-corrected chi connectivity index (χ2v) is 2.86. The minimum Gasteiger partial charge on any atom is -0.422 e. The van der Waals surface area contributed by atoms with Crippen molar-refractivity contribution in [2.45, 2.75) is 19.6 Å². The number of aldehydes is 1. The van der Waals surface area contributed by atoms with E-state index in [1.54, 1.807) is 0 Å². The molecule has 0 spiro atoms. The number of hydrogen-bond acceptors (Lipinski definition) is 5. The number of rotatable bonds is 1. The summed E-state index contributed by atoms with van der Waals surface area (Å²) in [5, 5.41) is 0. The minimum absolute atomic E-state index is 0.208. The molecule has 0 aromatic rings. The van der Waals surface area contributed by atoms with Gasteiger partial charge in [-0.25, -0.2) is 0 Å². The molecule has 0 unspecified atom stereocenters. The fourth-order valence-electron chi connectivity index (χ4n) is 0.840. The molecule has 1 aliphatic heterocycles. The summed E-state index contributed by atoms with van der Waals surface area (Å²) >= 11 is 0. The predicted molar refractivity (Wildman–Crippen MR) is 35.8 cm³/mol. The number of hydrogen-bond donors (Lipinski definition) is 0. The van der Waals surface area contributed by atoms with E-state index in [1.165, 1.54) is 13.8 Å². The molecule has 1 saturated heterocycles. The van der Waals surface area contributed by atoms with Gasteiger partial charge in [0.2, 0.25) is 5.92 Å². The van der Waals surface area contributed by atoms with E-state index in [0.29, 0.717) is 0 Å². The van der Waals surface area contributed by atoms with Gasteiger partial charge in [0.25, 0.3) is 5.79 Å². The molecule has 12 heavy (non-hydrogen) atoms. The van der Waals surface area contributed by atoms with E-state index in [4.69, 9.17) is 0 Å². The summed E-state index contributed by atoms with van der Waals surface area (Å²) in [6.45, 7) is 2.84. The SMILES string of the molecule is CC1(C)OC(=O)C(C=O)C(=O)O1. The molecular formula is C7H8O5. The molecular weight excluding hydrogens is 164 g/mol. The zero-order valence-electron chi connectivity index (χ0n) is 6.70. The Labute approximate surface area is 68.6 Å². The lowest BCUT2D eigenvalue weighted by molar-refractivity contribution is -0.237. The number of carbonyl (C=O) groups excluding carboxylic acids is 3. The molecule has 0 radical (unpaired) electrons. The first-order valence-electron chi connectivity index (χ1n) is 3.37. The summed E-state index contributed by atoms with van der Waals surface area (Å²) in [7, 11) is 0. The lowest BCUT2D eigenvalue weighted by atomic mass is 10.1. The van der Waals surface area contributed by atoms with Gasteiger partial charge in [-0.1, -0.05) is 0 Å². The van der Waals surface area contributed by atoms with Crippen LogP contribution in [0.2, 0.25) is 0 Å². The zero-order chi connectivity index (χ0) is 9.35. The first-order chi connectivity index (χ1) is 5.46. The summed E-state index contributed by atoms with van der Waals surface area (Å²) in [6.07, 6.45) is 0.208. The van der Waals surface area contributed by atoms with Gasteiger partial charge < -0.3 is 14.3 Å². The summed E-state index contributed by atoms with van der Waals surface area (Å²) in [6, 6.07) is 0. The molecule has 0 aromatic carbocycles.